The number of anilines is 1. The van der Waals surface area contributed by atoms with Crippen LogP contribution in [0.15, 0.2) is 42.5 Å². The van der Waals surface area contributed by atoms with Crippen LogP contribution in [0.4, 0.5) is 10.1 Å². The van der Waals surface area contributed by atoms with Crippen LogP contribution in [0.3, 0.4) is 0 Å². The summed E-state index contributed by atoms with van der Waals surface area (Å²) in [7, 11) is 0. The highest BCUT2D eigenvalue weighted by molar-refractivity contribution is 5.76. The minimum atomic E-state index is -0.242. The molecular formula is C17H16FN3. The zero-order chi connectivity index (χ0) is 14.4. The van der Waals surface area contributed by atoms with E-state index in [9.17, 15) is 4.39 Å². The molecule has 0 amide bonds. The number of nitrogens with two attached hydrogens (primary N) is 1. The maximum absolute atomic E-state index is 13.4. The molecule has 1 saturated carbocycles. The summed E-state index contributed by atoms with van der Waals surface area (Å²) in [4.78, 5) is 4.64. The van der Waals surface area contributed by atoms with E-state index >= 15 is 0 Å². The van der Waals surface area contributed by atoms with Crippen molar-refractivity contribution >= 4 is 16.7 Å². The number of para-hydroxylation sites is 1. The highest BCUT2D eigenvalue weighted by Crippen LogP contribution is 2.39. The second-order valence-corrected chi connectivity index (χ2v) is 5.64. The smallest absolute Gasteiger partial charge is 0.125 e. The lowest BCUT2D eigenvalue weighted by Crippen LogP contribution is -2.04. The number of nitrogen functional groups attached to an aromatic ring is 1. The van der Waals surface area contributed by atoms with E-state index in [0.717, 1.165) is 28.1 Å². The van der Waals surface area contributed by atoms with E-state index < -0.39 is 0 Å². The Balaban J connectivity index is 1.84. The standard InChI is InChI=1S/C17H16FN3/c18-12-5-8-16-15(10-12)20-17(21(16)13-6-7-13)9-11-3-1-2-4-14(11)19/h1-5,8,10,13H,6-7,9,19H2. The van der Waals surface area contributed by atoms with Gasteiger partial charge in [-0.1, -0.05) is 18.2 Å². The molecule has 0 atom stereocenters. The highest BCUT2D eigenvalue weighted by Gasteiger charge is 2.28. The van der Waals surface area contributed by atoms with Crippen molar-refractivity contribution in [1.29, 1.82) is 0 Å². The predicted molar refractivity (Wildman–Crippen MR) is 81.6 cm³/mol. The van der Waals surface area contributed by atoms with Crippen LogP contribution in [-0.4, -0.2) is 9.55 Å². The quantitative estimate of drug-likeness (QED) is 0.744. The van der Waals surface area contributed by atoms with Crippen LogP contribution < -0.4 is 5.73 Å². The van der Waals surface area contributed by atoms with Gasteiger partial charge in [0, 0.05) is 24.2 Å². The third-order valence-corrected chi connectivity index (χ3v) is 4.04. The molecule has 1 heterocycles. The number of hydrogen-bond donors (Lipinski definition) is 1. The number of imidazole rings is 1. The third-order valence-electron chi connectivity index (χ3n) is 4.04. The Morgan fingerprint density at radius 2 is 2.00 bits per heavy atom. The number of aromatic nitrogens is 2. The SMILES string of the molecule is Nc1ccccc1Cc1nc2cc(F)ccc2n1C1CC1. The average molecular weight is 281 g/mol. The summed E-state index contributed by atoms with van der Waals surface area (Å²) in [5, 5.41) is 0. The summed E-state index contributed by atoms with van der Waals surface area (Å²) in [6.45, 7) is 0. The zero-order valence-electron chi connectivity index (χ0n) is 11.6. The molecule has 4 heteroatoms. The van der Waals surface area contributed by atoms with Crippen LogP contribution in [0.5, 0.6) is 0 Å². The van der Waals surface area contributed by atoms with Crippen molar-refractivity contribution in [3.63, 3.8) is 0 Å². The Hall–Kier alpha value is -2.36. The van der Waals surface area contributed by atoms with Gasteiger partial charge in [-0.05, 0) is 36.6 Å². The lowest BCUT2D eigenvalue weighted by molar-refractivity contribution is 0.629. The normalized spacial score (nSPS) is 14.7. The number of halogens is 1. The minimum absolute atomic E-state index is 0.242. The lowest BCUT2D eigenvalue weighted by atomic mass is 10.1. The van der Waals surface area contributed by atoms with Crippen molar-refractivity contribution in [3.05, 3.63) is 59.7 Å². The average Bonchev–Trinajstić information content (AvgIpc) is 3.23. The summed E-state index contributed by atoms with van der Waals surface area (Å²) >= 11 is 0. The van der Waals surface area contributed by atoms with Gasteiger partial charge in [0.2, 0.25) is 0 Å². The molecule has 106 valence electrons. The number of hydrogen-bond acceptors (Lipinski definition) is 2. The molecule has 1 aliphatic carbocycles. The van der Waals surface area contributed by atoms with Gasteiger partial charge in [0.25, 0.3) is 0 Å². The first-order valence-electron chi connectivity index (χ1n) is 7.22. The van der Waals surface area contributed by atoms with Gasteiger partial charge in [0.15, 0.2) is 0 Å². The van der Waals surface area contributed by atoms with E-state index in [1.54, 1.807) is 0 Å². The molecule has 1 aromatic heterocycles. The van der Waals surface area contributed by atoms with E-state index in [-0.39, 0.29) is 5.82 Å². The first-order chi connectivity index (χ1) is 10.2. The molecular weight excluding hydrogens is 265 g/mol. The van der Waals surface area contributed by atoms with Crippen molar-refractivity contribution in [3.8, 4) is 0 Å². The lowest BCUT2D eigenvalue weighted by Gasteiger charge is -2.09. The second kappa shape index (κ2) is 4.58. The van der Waals surface area contributed by atoms with Gasteiger partial charge in [-0.2, -0.15) is 0 Å². The van der Waals surface area contributed by atoms with E-state index in [1.807, 2.05) is 30.3 Å². The van der Waals surface area contributed by atoms with Gasteiger partial charge in [0.1, 0.15) is 11.6 Å². The van der Waals surface area contributed by atoms with E-state index in [0.29, 0.717) is 12.5 Å². The van der Waals surface area contributed by atoms with Crippen LogP contribution in [0.1, 0.15) is 30.3 Å². The Kier molecular flexibility index (Phi) is 2.70. The maximum atomic E-state index is 13.4. The molecule has 0 aliphatic heterocycles. The van der Waals surface area contributed by atoms with E-state index in [1.165, 1.54) is 25.0 Å². The molecule has 3 nitrogen and oxygen atoms in total. The molecule has 1 fully saturated rings. The topological polar surface area (TPSA) is 43.8 Å². The first-order valence-corrected chi connectivity index (χ1v) is 7.22. The van der Waals surface area contributed by atoms with Crippen molar-refractivity contribution in [2.75, 3.05) is 5.73 Å². The largest absolute Gasteiger partial charge is 0.398 e. The number of rotatable bonds is 3. The van der Waals surface area contributed by atoms with Crippen LogP contribution in [0, 0.1) is 5.82 Å². The van der Waals surface area contributed by atoms with E-state index in [2.05, 4.69) is 9.55 Å². The molecule has 0 unspecified atom stereocenters. The van der Waals surface area contributed by atoms with E-state index in [4.69, 9.17) is 5.73 Å². The molecule has 2 N–H and O–H groups in total. The van der Waals surface area contributed by atoms with Gasteiger partial charge < -0.3 is 10.3 Å². The molecule has 21 heavy (non-hydrogen) atoms. The Morgan fingerprint density at radius 1 is 1.19 bits per heavy atom. The maximum Gasteiger partial charge on any atom is 0.125 e. The summed E-state index contributed by atoms with van der Waals surface area (Å²) in [5.41, 5.74) is 9.62. The Bertz CT molecular complexity index is 818. The number of nitrogens with zero attached hydrogens (tertiary/aromatic N) is 2. The zero-order valence-corrected chi connectivity index (χ0v) is 11.6. The summed E-state index contributed by atoms with van der Waals surface area (Å²) in [6.07, 6.45) is 3.01. The van der Waals surface area contributed by atoms with Gasteiger partial charge in [-0.3, -0.25) is 0 Å². The minimum Gasteiger partial charge on any atom is -0.398 e. The van der Waals surface area contributed by atoms with Crippen molar-refractivity contribution in [2.45, 2.75) is 25.3 Å². The number of fused-ring (bicyclic) bond motifs is 1. The molecule has 1 aliphatic rings. The second-order valence-electron chi connectivity index (χ2n) is 5.64. The van der Waals surface area contributed by atoms with Gasteiger partial charge in [-0.15, -0.1) is 0 Å². The van der Waals surface area contributed by atoms with Crippen molar-refractivity contribution < 1.29 is 4.39 Å². The first kappa shape index (κ1) is 12.4. The molecule has 4 rings (SSSR count). The molecule has 2 aromatic carbocycles. The summed E-state index contributed by atoms with van der Waals surface area (Å²) in [6, 6.07) is 13.2. The fourth-order valence-corrected chi connectivity index (χ4v) is 2.85. The number of benzene rings is 2. The van der Waals surface area contributed by atoms with Gasteiger partial charge in [-0.25, -0.2) is 9.37 Å². The van der Waals surface area contributed by atoms with Crippen LogP contribution in [0.2, 0.25) is 0 Å². The van der Waals surface area contributed by atoms with Gasteiger partial charge in [0.05, 0.1) is 11.0 Å². The van der Waals surface area contributed by atoms with Crippen molar-refractivity contribution in [2.24, 2.45) is 0 Å². The Labute approximate surface area is 122 Å². The van der Waals surface area contributed by atoms with Crippen LogP contribution in [-0.2, 0) is 6.42 Å². The van der Waals surface area contributed by atoms with Crippen LogP contribution >= 0.6 is 0 Å². The fourth-order valence-electron chi connectivity index (χ4n) is 2.85. The van der Waals surface area contributed by atoms with Gasteiger partial charge >= 0.3 is 0 Å². The molecule has 0 radical (unpaired) electrons. The molecule has 3 aromatic rings. The monoisotopic (exact) mass is 281 g/mol. The fraction of sp³-hybridized carbons (Fsp3) is 0.235. The van der Waals surface area contributed by atoms with Crippen molar-refractivity contribution in [1.82, 2.24) is 9.55 Å². The summed E-state index contributed by atoms with van der Waals surface area (Å²) in [5.74, 6) is 0.727. The molecule has 0 spiro atoms. The predicted octanol–water partition coefficient (Wildman–Crippen LogP) is 3.68. The summed E-state index contributed by atoms with van der Waals surface area (Å²) < 4.78 is 15.7. The molecule has 0 saturated heterocycles. The Morgan fingerprint density at radius 3 is 2.76 bits per heavy atom. The van der Waals surface area contributed by atoms with Crippen LogP contribution in [0.25, 0.3) is 11.0 Å². The molecule has 0 bridgehead atoms. The third kappa shape index (κ3) is 2.17. The highest BCUT2D eigenvalue weighted by atomic mass is 19.1.